The van der Waals surface area contributed by atoms with Crippen molar-refractivity contribution in [2.24, 2.45) is 17.1 Å². The average Bonchev–Trinajstić information content (AvgIpc) is 3.38. The molecule has 3 aromatic heterocycles. The SMILES string of the molecule is CC(=Nn1c(-c2cccc(Br)c2)csc1=Nc1c(C)n(C)n(-c2ccccc2)c1=O)c1ccccn1. The molecule has 3 heterocycles. The summed E-state index contributed by atoms with van der Waals surface area (Å²) in [6, 6.07) is 23.3. The van der Waals surface area contributed by atoms with Gasteiger partial charge >= 0.3 is 0 Å². The second-order valence-electron chi connectivity index (χ2n) is 8.15. The van der Waals surface area contributed by atoms with Crippen LogP contribution in [0, 0.1) is 6.92 Å². The lowest BCUT2D eigenvalue weighted by atomic mass is 10.2. The molecule has 0 saturated carbocycles. The van der Waals surface area contributed by atoms with Gasteiger partial charge in [-0.3, -0.25) is 14.5 Å². The summed E-state index contributed by atoms with van der Waals surface area (Å²) in [5.74, 6) is 0. The Hall–Kier alpha value is -3.82. The summed E-state index contributed by atoms with van der Waals surface area (Å²) >= 11 is 5.00. The second-order valence-corrected chi connectivity index (χ2v) is 9.90. The molecule has 9 heteroatoms. The van der Waals surface area contributed by atoms with Crippen LogP contribution < -0.4 is 10.4 Å². The highest BCUT2D eigenvalue weighted by atomic mass is 79.9. The Morgan fingerprint density at radius 2 is 1.81 bits per heavy atom. The van der Waals surface area contributed by atoms with E-state index in [0.29, 0.717) is 10.5 Å². The van der Waals surface area contributed by atoms with Crippen molar-refractivity contribution < 1.29 is 0 Å². The summed E-state index contributed by atoms with van der Waals surface area (Å²) in [5.41, 5.74) is 5.09. The van der Waals surface area contributed by atoms with Gasteiger partial charge in [0.05, 0.1) is 28.5 Å². The number of hydrogen-bond donors (Lipinski definition) is 0. The molecule has 0 bridgehead atoms. The van der Waals surface area contributed by atoms with Crippen molar-refractivity contribution in [3.8, 4) is 16.9 Å². The zero-order chi connectivity index (χ0) is 25.2. The van der Waals surface area contributed by atoms with E-state index in [-0.39, 0.29) is 5.56 Å². The lowest BCUT2D eigenvalue weighted by molar-refractivity contribution is 0.630. The molecule has 0 fully saturated rings. The Morgan fingerprint density at radius 1 is 1.03 bits per heavy atom. The third kappa shape index (κ3) is 4.55. The zero-order valence-electron chi connectivity index (χ0n) is 20.0. The standard InChI is InChI=1S/C27H23BrN6OS/c1-18(23-14-7-8-15-29-23)31-33-24(20-10-9-11-21(28)16-20)17-36-27(33)30-25-19(2)32(3)34(26(25)35)22-12-5-4-6-13-22/h4-17H,1-3H3. The zero-order valence-corrected chi connectivity index (χ0v) is 22.4. The van der Waals surface area contributed by atoms with Gasteiger partial charge in [0, 0.05) is 28.7 Å². The molecule has 0 aliphatic rings. The fourth-order valence-corrected chi connectivity index (χ4v) is 5.11. The molecule has 36 heavy (non-hydrogen) atoms. The monoisotopic (exact) mass is 558 g/mol. The van der Waals surface area contributed by atoms with Crippen LogP contribution >= 0.6 is 27.3 Å². The second kappa shape index (κ2) is 10.0. The van der Waals surface area contributed by atoms with Crippen molar-refractivity contribution in [2.45, 2.75) is 13.8 Å². The summed E-state index contributed by atoms with van der Waals surface area (Å²) in [4.78, 5) is 23.4. The van der Waals surface area contributed by atoms with Crippen molar-refractivity contribution in [3.63, 3.8) is 0 Å². The molecular formula is C27H23BrN6OS. The fourth-order valence-electron chi connectivity index (χ4n) is 3.88. The maximum atomic E-state index is 13.5. The highest BCUT2D eigenvalue weighted by molar-refractivity contribution is 9.10. The first kappa shape index (κ1) is 23.9. The molecule has 7 nitrogen and oxygen atoms in total. The molecule has 2 aromatic carbocycles. The largest absolute Gasteiger partial charge is 0.297 e. The van der Waals surface area contributed by atoms with Crippen molar-refractivity contribution in [1.82, 2.24) is 19.0 Å². The van der Waals surface area contributed by atoms with E-state index in [1.54, 1.807) is 15.6 Å². The molecule has 0 unspecified atom stereocenters. The van der Waals surface area contributed by atoms with Gasteiger partial charge in [-0.2, -0.15) is 5.10 Å². The van der Waals surface area contributed by atoms with Crippen LogP contribution in [0.2, 0.25) is 0 Å². The first-order valence-corrected chi connectivity index (χ1v) is 12.9. The van der Waals surface area contributed by atoms with Gasteiger partial charge in [-0.05, 0) is 50.2 Å². The Kier molecular flexibility index (Phi) is 6.67. The minimum absolute atomic E-state index is 0.185. The third-order valence-corrected chi connectivity index (χ3v) is 7.13. The van der Waals surface area contributed by atoms with Crippen molar-refractivity contribution in [2.75, 3.05) is 0 Å². The molecule has 5 aromatic rings. The number of pyridine rings is 1. The van der Waals surface area contributed by atoms with E-state index in [0.717, 1.165) is 38.5 Å². The van der Waals surface area contributed by atoms with Gasteiger partial charge in [-0.25, -0.2) is 14.4 Å². The summed E-state index contributed by atoms with van der Waals surface area (Å²) in [6.07, 6.45) is 1.74. The quantitative estimate of drug-likeness (QED) is 0.260. The smallest absolute Gasteiger partial charge is 0.283 e. The maximum Gasteiger partial charge on any atom is 0.297 e. The van der Waals surface area contributed by atoms with Crippen LogP contribution in [0.3, 0.4) is 0 Å². The van der Waals surface area contributed by atoms with Crippen molar-refractivity contribution in [1.29, 1.82) is 0 Å². The van der Waals surface area contributed by atoms with Crippen LogP contribution in [-0.2, 0) is 7.05 Å². The molecule has 0 spiro atoms. The van der Waals surface area contributed by atoms with Gasteiger partial charge in [0.15, 0.2) is 5.69 Å². The van der Waals surface area contributed by atoms with Crippen LogP contribution in [0.5, 0.6) is 0 Å². The minimum atomic E-state index is -0.185. The highest BCUT2D eigenvalue weighted by Crippen LogP contribution is 2.25. The van der Waals surface area contributed by atoms with E-state index in [9.17, 15) is 4.79 Å². The first-order chi connectivity index (χ1) is 17.4. The lowest BCUT2D eigenvalue weighted by Crippen LogP contribution is -2.20. The van der Waals surface area contributed by atoms with Crippen molar-refractivity contribution >= 4 is 38.7 Å². The molecule has 0 atom stereocenters. The molecule has 0 amide bonds. The number of nitrogens with zero attached hydrogens (tertiary/aromatic N) is 6. The van der Waals surface area contributed by atoms with E-state index in [1.807, 2.05) is 104 Å². The van der Waals surface area contributed by atoms with Gasteiger partial charge in [0.25, 0.3) is 5.56 Å². The van der Waals surface area contributed by atoms with Crippen LogP contribution in [0.25, 0.3) is 16.9 Å². The molecule has 180 valence electrons. The number of aromatic nitrogens is 4. The third-order valence-electron chi connectivity index (χ3n) is 5.82. The van der Waals surface area contributed by atoms with E-state index in [2.05, 4.69) is 20.9 Å². The predicted octanol–water partition coefficient (Wildman–Crippen LogP) is 5.68. The van der Waals surface area contributed by atoms with Crippen LogP contribution in [0.1, 0.15) is 18.3 Å². The molecule has 0 saturated heterocycles. The number of halogens is 1. The number of rotatable bonds is 5. The van der Waals surface area contributed by atoms with E-state index < -0.39 is 0 Å². The summed E-state index contributed by atoms with van der Waals surface area (Å²) in [7, 11) is 1.86. The van der Waals surface area contributed by atoms with Gasteiger partial charge in [-0.15, -0.1) is 11.3 Å². The summed E-state index contributed by atoms with van der Waals surface area (Å²) in [6.45, 7) is 3.81. The number of benzene rings is 2. The maximum absolute atomic E-state index is 13.5. The van der Waals surface area contributed by atoms with Crippen LogP contribution in [0.4, 0.5) is 5.69 Å². The van der Waals surface area contributed by atoms with Gasteiger partial charge in [0.1, 0.15) is 0 Å². The molecular weight excluding hydrogens is 536 g/mol. The number of para-hydroxylation sites is 1. The van der Waals surface area contributed by atoms with Crippen LogP contribution in [-0.4, -0.2) is 24.7 Å². The molecule has 0 aliphatic heterocycles. The predicted molar refractivity (Wildman–Crippen MR) is 148 cm³/mol. The van der Waals surface area contributed by atoms with E-state index >= 15 is 0 Å². The lowest BCUT2D eigenvalue weighted by Gasteiger charge is -2.07. The first-order valence-electron chi connectivity index (χ1n) is 11.3. The fraction of sp³-hybridized carbons (Fsp3) is 0.111. The average molecular weight is 559 g/mol. The minimum Gasteiger partial charge on any atom is -0.283 e. The Labute approximate surface area is 220 Å². The van der Waals surface area contributed by atoms with Gasteiger partial charge < -0.3 is 0 Å². The molecule has 0 radical (unpaired) electrons. The molecule has 0 N–H and O–H groups in total. The van der Waals surface area contributed by atoms with Crippen LogP contribution in [0.15, 0.2) is 104 Å². The number of thiazole rings is 1. The van der Waals surface area contributed by atoms with E-state index in [4.69, 9.17) is 10.1 Å². The van der Waals surface area contributed by atoms with E-state index in [1.165, 1.54) is 11.3 Å². The Bertz CT molecular complexity index is 1690. The van der Waals surface area contributed by atoms with Gasteiger partial charge in [-0.1, -0.05) is 52.3 Å². The summed E-state index contributed by atoms with van der Waals surface area (Å²) < 4.78 is 6.21. The van der Waals surface area contributed by atoms with Gasteiger partial charge in [0.2, 0.25) is 4.80 Å². The normalized spacial score (nSPS) is 12.3. The van der Waals surface area contributed by atoms with Crippen molar-refractivity contribution in [3.05, 3.63) is 115 Å². The Balaban J connectivity index is 1.74. The number of hydrogen-bond acceptors (Lipinski definition) is 5. The molecule has 0 aliphatic carbocycles. The molecule has 5 rings (SSSR count). The summed E-state index contributed by atoms with van der Waals surface area (Å²) in [5, 5.41) is 6.90. The topological polar surface area (TPSA) is 69.5 Å². The Morgan fingerprint density at radius 3 is 2.53 bits per heavy atom. The highest BCUT2D eigenvalue weighted by Gasteiger charge is 2.17.